The van der Waals surface area contributed by atoms with E-state index in [1.807, 2.05) is 10.6 Å². The van der Waals surface area contributed by atoms with Crippen LogP contribution in [-0.4, -0.2) is 54.4 Å². The predicted octanol–water partition coefficient (Wildman–Crippen LogP) is 4.25. The van der Waals surface area contributed by atoms with Gasteiger partial charge in [0.1, 0.15) is 0 Å². The lowest BCUT2D eigenvalue weighted by Gasteiger charge is -2.13. The van der Waals surface area contributed by atoms with E-state index in [9.17, 15) is 4.79 Å². The Morgan fingerprint density at radius 3 is 2.56 bits per heavy atom. The molecule has 5 aromatic rings. The normalized spacial score (nSPS) is 11.2. The Hall–Kier alpha value is -4.47. The molecular weight excluding hydrogens is 458 g/mol. The number of fused-ring (bicyclic) bond motifs is 1. The first-order valence-corrected chi connectivity index (χ1v) is 11.8. The molecule has 1 N–H and O–H groups in total. The Morgan fingerprint density at radius 1 is 1.08 bits per heavy atom. The molecule has 2 aromatic carbocycles. The lowest BCUT2D eigenvalue weighted by Crippen LogP contribution is -2.09. The van der Waals surface area contributed by atoms with Crippen molar-refractivity contribution in [2.45, 2.75) is 33.9 Å². The summed E-state index contributed by atoms with van der Waals surface area (Å²) in [7, 11) is 1.58. The first kappa shape index (κ1) is 23.3. The molecule has 3 aromatic heterocycles. The monoisotopic (exact) mass is 485 g/mol. The van der Waals surface area contributed by atoms with Crippen LogP contribution in [-0.2, 0) is 17.8 Å². The van der Waals surface area contributed by atoms with Gasteiger partial charge in [0, 0.05) is 17.8 Å². The van der Waals surface area contributed by atoms with Crippen molar-refractivity contribution in [3.8, 4) is 28.7 Å². The molecule has 0 spiro atoms. The van der Waals surface area contributed by atoms with E-state index >= 15 is 0 Å². The number of carbonyl (C=O) groups excluding carboxylic acids is 1. The van der Waals surface area contributed by atoms with Gasteiger partial charge in [-0.2, -0.15) is 4.98 Å². The van der Waals surface area contributed by atoms with E-state index in [4.69, 9.17) is 9.47 Å². The molecule has 0 saturated heterocycles. The average molecular weight is 486 g/mol. The van der Waals surface area contributed by atoms with Crippen LogP contribution in [0.4, 0.5) is 0 Å². The summed E-state index contributed by atoms with van der Waals surface area (Å²) in [5.74, 6) is 0.248. The van der Waals surface area contributed by atoms with Gasteiger partial charge in [-0.25, -0.2) is 9.89 Å². The molecule has 0 aliphatic rings. The second-order valence-corrected chi connectivity index (χ2v) is 8.32. The highest BCUT2D eigenvalue weighted by Crippen LogP contribution is 2.34. The van der Waals surface area contributed by atoms with Gasteiger partial charge in [0.2, 0.25) is 0 Å². The maximum atomic E-state index is 12.6. The number of ether oxygens (including phenoxy) is 2. The SMILES string of the molecule is CCOC(=O)c1cccc2nc(OC)n(Cc3ccc(-c4c(-c5nnn[nH]5)cc(C)n4CC)cc3)c12. The van der Waals surface area contributed by atoms with Gasteiger partial charge >= 0.3 is 5.97 Å². The molecule has 0 unspecified atom stereocenters. The highest BCUT2D eigenvalue weighted by molar-refractivity contribution is 6.02. The lowest BCUT2D eigenvalue weighted by atomic mass is 10.0. The maximum Gasteiger partial charge on any atom is 0.340 e. The van der Waals surface area contributed by atoms with Crippen molar-refractivity contribution in [2.75, 3.05) is 13.7 Å². The topological polar surface area (TPSA) is 113 Å². The van der Waals surface area contributed by atoms with Gasteiger partial charge < -0.3 is 14.0 Å². The number of para-hydroxylation sites is 1. The van der Waals surface area contributed by atoms with Crippen molar-refractivity contribution in [1.82, 2.24) is 34.7 Å². The predicted molar refractivity (Wildman–Crippen MR) is 135 cm³/mol. The number of benzene rings is 2. The molecule has 0 aliphatic carbocycles. The van der Waals surface area contributed by atoms with Crippen LogP contribution in [0.3, 0.4) is 0 Å². The van der Waals surface area contributed by atoms with Crippen LogP contribution < -0.4 is 4.74 Å². The molecule has 36 heavy (non-hydrogen) atoms. The number of nitrogens with one attached hydrogen (secondary N) is 1. The average Bonchev–Trinajstić information content (AvgIpc) is 3.62. The van der Waals surface area contributed by atoms with Gasteiger partial charge in [0.15, 0.2) is 5.82 Å². The minimum atomic E-state index is -0.382. The number of aryl methyl sites for hydroxylation is 1. The zero-order valence-electron chi connectivity index (χ0n) is 20.6. The fourth-order valence-corrected chi connectivity index (χ4v) is 4.64. The van der Waals surface area contributed by atoms with E-state index in [2.05, 4.69) is 74.4 Å². The maximum absolute atomic E-state index is 12.6. The van der Waals surface area contributed by atoms with Crippen LogP contribution in [0.1, 0.15) is 35.5 Å². The zero-order valence-corrected chi connectivity index (χ0v) is 20.6. The van der Waals surface area contributed by atoms with Gasteiger partial charge in [-0.15, -0.1) is 5.10 Å². The number of tetrazole rings is 1. The van der Waals surface area contributed by atoms with Gasteiger partial charge in [0.25, 0.3) is 6.01 Å². The smallest absolute Gasteiger partial charge is 0.340 e. The summed E-state index contributed by atoms with van der Waals surface area (Å²) in [6.45, 7) is 7.57. The number of imidazole rings is 1. The van der Waals surface area contributed by atoms with E-state index in [0.717, 1.165) is 34.6 Å². The van der Waals surface area contributed by atoms with Crippen LogP contribution in [0.15, 0.2) is 48.5 Å². The van der Waals surface area contributed by atoms with E-state index in [1.54, 1.807) is 26.2 Å². The highest BCUT2D eigenvalue weighted by atomic mass is 16.5. The zero-order chi connectivity index (χ0) is 25.2. The van der Waals surface area contributed by atoms with Crippen LogP contribution in [0.25, 0.3) is 33.7 Å². The molecule has 0 radical (unpaired) electrons. The number of nitrogens with zero attached hydrogens (tertiary/aromatic N) is 6. The minimum Gasteiger partial charge on any atom is -0.468 e. The molecule has 0 aliphatic heterocycles. The molecule has 10 heteroatoms. The van der Waals surface area contributed by atoms with E-state index in [1.165, 1.54) is 0 Å². The van der Waals surface area contributed by atoms with E-state index < -0.39 is 0 Å². The van der Waals surface area contributed by atoms with Gasteiger partial charge in [-0.3, -0.25) is 4.57 Å². The number of hydrogen-bond donors (Lipinski definition) is 1. The van der Waals surface area contributed by atoms with Crippen molar-refractivity contribution in [3.05, 3.63) is 65.4 Å². The molecule has 0 saturated carbocycles. The Bertz CT molecular complexity index is 1520. The first-order chi connectivity index (χ1) is 17.5. The quantitative estimate of drug-likeness (QED) is 0.327. The highest BCUT2D eigenvalue weighted by Gasteiger charge is 2.21. The molecular formula is C26H27N7O3. The Morgan fingerprint density at radius 2 is 1.89 bits per heavy atom. The summed E-state index contributed by atoms with van der Waals surface area (Å²) in [5.41, 5.74) is 7.04. The molecule has 0 bridgehead atoms. The fourth-order valence-electron chi connectivity index (χ4n) is 4.64. The summed E-state index contributed by atoms with van der Waals surface area (Å²) in [4.78, 5) is 17.2. The number of methoxy groups -OCH3 is 1. The number of hydrogen-bond acceptors (Lipinski definition) is 7. The molecule has 3 heterocycles. The number of rotatable bonds is 8. The van der Waals surface area contributed by atoms with Gasteiger partial charge in [-0.1, -0.05) is 30.3 Å². The van der Waals surface area contributed by atoms with Crippen molar-refractivity contribution in [2.24, 2.45) is 0 Å². The minimum absolute atomic E-state index is 0.299. The number of aromatic nitrogens is 7. The summed E-state index contributed by atoms with van der Waals surface area (Å²) >= 11 is 0. The third-order valence-corrected chi connectivity index (χ3v) is 6.20. The molecule has 10 nitrogen and oxygen atoms in total. The van der Waals surface area contributed by atoms with Crippen LogP contribution >= 0.6 is 0 Å². The Labute approximate surface area is 207 Å². The number of carbonyl (C=O) groups is 1. The third kappa shape index (κ3) is 4.00. The van der Waals surface area contributed by atoms with Crippen LogP contribution in [0.5, 0.6) is 6.01 Å². The molecule has 0 fully saturated rings. The molecule has 5 rings (SSSR count). The largest absolute Gasteiger partial charge is 0.468 e. The summed E-state index contributed by atoms with van der Waals surface area (Å²) in [5, 5.41) is 14.5. The van der Waals surface area contributed by atoms with E-state index in [0.29, 0.717) is 41.6 Å². The molecule has 0 amide bonds. The van der Waals surface area contributed by atoms with Crippen LogP contribution in [0, 0.1) is 6.92 Å². The Balaban J connectivity index is 1.54. The van der Waals surface area contributed by atoms with Crippen molar-refractivity contribution in [3.63, 3.8) is 0 Å². The Kier molecular flexibility index (Phi) is 6.24. The second-order valence-electron chi connectivity index (χ2n) is 8.32. The summed E-state index contributed by atoms with van der Waals surface area (Å²) in [6, 6.07) is 16.2. The number of esters is 1. The molecule has 0 atom stereocenters. The van der Waals surface area contributed by atoms with Crippen molar-refractivity contribution in [1.29, 1.82) is 0 Å². The summed E-state index contributed by atoms with van der Waals surface area (Å²) < 4.78 is 15.0. The standard InChI is InChI=1S/C26H27N7O3/c1-5-32-16(3)14-20(24-28-30-31-29-24)22(32)18-12-10-17(11-13-18)15-33-23-19(25(34)36-6-2)8-7-9-21(23)27-26(33)35-4/h7-14H,5-6,15H2,1-4H3,(H,28,29,30,31). The molecule has 184 valence electrons. The van der Waals surface area contributed by atoms with E-state index in [-0.39, 0.29) is 5.97 Å². The van der Waals surface area contributed by atoms with Crippen molar-refractivity contribution < 1.29 is 14.3 Å². The second kappa shape index (κ2) is 9.65. The van der Waals surface area contributed by atoms with Gasteiger partial charge in [0.05, 0.1) is 42.6 Å². The first-order valence-electron chi connectivity index (χ1n) is 11.8. The third-order valence-electron chi connectivity index (χ3n) is 6.20. The van der Waals surface area contributed by atoms with Gasteiger partial charge in [-0.05, 0) is 60.5 Å². The van der Waals surface area contributed by atoms with Crippen molar-refractivity contribution >= 4 is 17.0 Å². The fraction of sp³-hybridized carbons (Fsp3) is 0.269. The number of aromatic amines is 1. The lowest BCUT2D eigenvalue weighted by molar-refractivity contribution is 0.0528. The summed E-state index contributed by atoms with van der Waals surface area (Å²) in [6.07, 6.45) is 0. The van der Waals surface area contributed by atoms with Crippen LogP contribution in [0.2, 0.25) is 0 Å². The number of H-pyrrole nitrogens is 1.